The average Bonchev–Trinajstić information content (AvgIpc) is 2.78. The van der Waals surface area contributed by atoms with Crippen molar-refractivity contribution in [2.75, 3.05) is 12.9 Å². The standard InChI is InChI=1S/C12H20N2O2S2/c1-4-12-14-9(7-18-12)5-11(16)13-8(2)10(6-15)17-3/h7-8,10,15H,4-6H2,1-3H3,(H,13,16). The highest BCUT2D eigenvalue weighted by atomic mass is 32.2. The van der Waals surface area contributed by atoms with Gasteiger partial charge in [0.25, 0.3) is 0 Å². The summed E-state index contributed by atoms with van der Waals surface area (Å²) in [6.07, 6.45) is 3.15. The highest BCUT2D eigenvalue weighted by molar-refractivity contribution is 7.99. The third kappa shape index (κ3) is 4.59. The summed E-state index contributed by atoms with van der Waals surface area (Å²) in [6, 6.07) is -0.0400. The number of amides is 1. The summed E-state index contributed by atoms with van der Waals surface area (Å²) < 4.78 is 0. The minimum atomic E-state index is -0.0400. The molecule has 0 saturated carbocycles. The van der Waals surface area contributed by atoms with Gasteiger partial charge in [0.1, 0.15) is 0 Å². The molecule has 1 aromatic rings. The molecule has 0 aromatic carbocycles. The van der Waals surface area contributed by atoms with E-state index in [0.29, 0.717) is 6.42 Å². The van der Waals surface area contributed by atoms with Crippen LogP contribution in [0.1, 0.15) is 24.5 Å². The van der Waals surface area contributed by atoms with Gasteiger partial charge in [0.15, 0.2) is 0 Å². The van der Waals surface area contributed by atoms with Gasteiger partial charge in [-0.25, -0.2) is 4.98 Å². The maximum atomic E-state index is 11.8. The largest absolute Gasteiger partial charge is 0.395 e. The number of nitrogens with one attached hydrogen (secondary N) is 1. The Hall–Kier alpha value is -0.590. The van der Waals surface area contributed by atoms with Gasteiger partial charge in [0.2, 0.25) is 5.91 Å². The molecule has 0 bridgehead atoms. The fraction of sp³-hybridized carbons (Fsp3) is 0.667. The fourth-order valence-corrected chi connectivity index (χ4v) is 2.96. The Labute approximate surface area is 116 Å². The number of hydrogen-bond donors (Lipinski definition) is 2. The summed E-state index contributed by atoms with van der Waals surface area (Å²) in [5.41, 5.74) is 0.825. The van der Waals surface area contributed by atoms with Crippen LogP contribution in [0.3, 0.4) is 0 Å². The van der Waals surface area contributed by atoms with Crippen molar-refractivity contribution in [2.24, 2.45) is 0 Å². The first-order chi connectivity index (χ1) is 8.60. The van der Waals surface area contributed by atoms with Crippen molar-refractivity contribution in [3.05, 3.63) is 16.1 Å². The molecule has 0 spiro atoms. The van der Waals surface area contributed by atoms with E-state index >= 15 is 0 Å². The normalized spacial score (nSPS) is 14.2. The second-order valence-electron chi connectivity index (χ2n) is 4.08. The SMILES string of the molecule is CCc1nc(CC(=O)NC(C)C(CO)SC)cs1. The van der Waals surface area contributed by atoms with E-state index in [9.17, 15) is 4.79 Å². The number of carbonyl (C=O) groups is 1. The molecule has 0 aliphatic heterocycles. The Morgan fingerprint density at radius 2 is 2.39 bits per heavy atom. The molecule has 18 heavy (non-hydrogen) atoms. The highest BCUT2D eigenvalue weighted by Gasteiger charge is 2.17. The van der Waals surface area contributed by atoms with E-state index in [1.807, 2.05) is 18.6 Å². The molecule has 6 heteroatoms. The second-order valence-corrected chi connectivity index (χ2v) is 6.10. The van der Waals surface area contributed by atoms with E-state index in [4.69, 9.17) is 5.11 Å². The van der Waals surface area contributed by atoms with Gasteiger partial charge in [-0.05, 0) is 19.6 Å². The van der Waals surface area contributed by atoms with Crippen LogP contribution in [0.2, 0.25) is 0 Å². The Bertz CT molecular complexity index is 378. The first kappa shape index (κ1) is 15.5. The lowest BCUT2D eigenvalue weighted by molar-refractivity contribution is -0.121. The zero-order valence-corrected chi connectivity index (χ0v) is 12.6. The van der Waals surface area contributed by atoms with Crippen LogP contribution in [0.25, 0.3) is 0 Å². The van der Waals surface area contributed by atoms with Crippen LogP contribution in [-0.4, -0.2) is 40.2 Å². The zero-order chi connectivity index (χ0) is 13.5. The summed E-state index contributed by atoms with van der Waals surface area (Å²) in [7, 11) is 0. The molecular weight excluding hydrogens is 268 g/mol. The van der Waals surface area contributed by atoms with Crippen LogP contribution in [0.5, 0.6) is 0 Å². The molecule has 2 N–H and O–H groups in total. The molecule has 0 radical (unpaired) electrons. The molecule has 0 aliphatic rings. The lowest BCUT2D eigenvalue weighted by Gasteiger charge is -2.21. The predicted molar refractivity (Wildman–Crippen MR) is 77.2 cm³/mol. The van der Waals surface area contributed by atoms with Gasteiger partial charge in [-0.15, -0.1) is 11.3 Å². The second kappa shape index (κ2) is 7.76. The third-order valence-electron chi connectivity index (χ3n) is 2.67. The summed E-state index contributed by atoms with van der Waals surface area (Å²) in [6.45, 7) is 4.03. The summed E-state index contributed by atoms with van der Waals surface area (Å²) in [5.74, 6) is -0.0389. The topological polar surface area (TPSA) is 62.2 Å². The summed E-state index contributed by atoms with van der Waals surface area (Å²) in [4.78, 5) is 16.2. The van der Waals surface area contributed by atoms with Crippen LogP contribution >= 0.6 is 23.1 Å². The maximum absolute atomic E-state index is 11.8. The first-order valence-electron chi connectivity index (χ1n) is 5.97. The van der Waals surface area contributed by atoms with Gasteiger partial charge in [0.05, 0.1) is 23.7 Å². The van der Waals surface area contributed by atoms with E-state index < -0.39 is 0 Å². The smallest absolute Gasteiger partial charge is 0.226 e. The number of nitrogens with zero attached hydrogens (tertiary/aromatic N) is 1. The van der Waals surface area contributed by atoms with E-state index in [1.165, 1.54) is 0 Å². The molecule has 1 aromatic heterocycles. The average molecular weight is 288 g/mol. The third-order valence-corrected chi connectivity index (χ3v) is 4.88. The Morgan fingerprint density at radius 3 is 2.89 bits per heavy atom. The number of aliphatic hydroxyl groups excluding tert-OH is 1. The monoisotopic (exact) mass is 288 g/mol. The minimum absolute atomic E-state index is 0.0376. The minimum Gasteiger partial charge on any atom is -0.395 e. The Morgan fingerprint density at radius 1 is 1.67 bits per heavy atom. The van der Waals surface area contributed by atoms with Gasteiger partial charge >= 0.3 is 0 Å². The molecule has 0 saturated heterocycles. The van der Waals surface area contributed by atoms with Crippen LogP contribution in [-0.2, 0) is 17.6 Å². The van der Waals surface area contributed by atoms with E-state index in [0.717, 1.165) is 17.1 Å². The number of rotatable bonds is 7. The number of aromatic nitrogens is 1. The molecular formula is C12H20N2O2S2. The lowest BCUT2D eigenvalue weighted by atomic mass is 10.2. The van der Waals surface area contributed by atoms with Crippen molar-refractivity contribution in [1.82, 2.24) is 10.3 Å². The fourth-order valence-electron chi connectivity index (χ4n) is 1.59. The van der Waals surface area contributed by atoms with Gasteiger partial charge in [-0.2, -0.15) is 11.8 Å². The Balaban J connectivity index is 2.46. The highest BCUT2D eigenvalue weighted by Crippen LogP contribution is 2.12. The van der Waals surface area contributed by atoms with Crippen LogP contribution in [0.4, 0.5) is 0 Å². The van der Waals surface area contributed by atoms with Gasteiger partial charge in [-0.1, -0.05) is 6.92 Å². The summed E-state index contributed by atoms with van der Waals surface area (Å²) in [5, 5.41) is 15.1. The molecule has 1 amide bonds. The molecule has 4 nitrogen and oxygen atoms in total. The number of aliphatic hydroxyl groups is 1. The summed E-state index contributed by atoms with van der Waals surface area (Å²) >= 11 is 3.15. The van der Waals surface area contributed by atoms with E-state index in [-0.39, 0.29) is 23.8 Å². The quantitative estimate of drug-likeness (QED) is 0.798. The van der Waals surface area contributed by atoms with Crippen LogP contribution in [0.15, 0.2) is 5.38 Å². The van der Waals surface area contributed by atoms with E-state index in [1.54, 1.807) is 23.1 Å². The predicted octanol–water partition coefficient (Wildman–Crippen LogP) is 1.48. The van der Waals surface area contributed by atoms with Gasteiger partial charge in [-0.3, -0.25) is 4.79 Å². The van der Waals surface area contributed by atoms with Gasteiger partial charge < -0.3 is 10.4 Å². The lowest BCUT2D eigenvalue weighted by Crippen LogP contribution is -2.41. The van der Waals surface area contributed by atoms with Crippen molar-refractivity contribution in [1.29, 1.82) is 0 Å². The number of aryl methyl sites for hydroxylation is 1. The van der Waals surface area contributed by atoms with Crippen LogP contribution < -0.4 is 5.32 Å². The van der Waals surface area contributed by atoms with E-state index in [2.05, 4.69) is 17.2 Å². The van der Waals surface area contributed by atoms with Gasteiger partial charge in [0, 0.05) is 16.7 Å². The molecule has 0 fully saturated rings. The van der Waals surface area contributed by atoms with Crippen molar-refractivity contribution >= 4 is 29.0 Å². The number of thiazole rings is 1. The molecule has 0 aliphatic carbocycles. The molecule has 102 valence electrons. The number of hydrogen-bond acceptors (Lipinski definition) is 5. The maximum Gasteiger partial charge on any atom is 0.226 e. The molecule has 1 rings (SSSR count). The Kier molecular flexibility index (Phi) is 6.67. The zero-order valence-electron chi connectivity index (χ0n) is 11.0. The van der Waals surface area contributed by atoms with Crippen molar-refractivity contribution in [3.63, 3.8) is 0 Å². The van der Waals surface area contributed by atoms with Crippen molar-refractivity contribution in [3.8, 4) is 0 Å². The molecule has 2 unspecified atom stereocenters. The molecule has 1 heterocycles. The van der Waals surface area contributed by atoms with Crippen molar-refractivity contribution < 1.29 is 9.90 Å². The number of thioether (sulfide) groups is 1. The first-order valence-corrected chi connectivity index (χ1v) is 8.13. The van der Waals surface area contributed by atoms with Crippen molar-refractivity contribution in [2.45, 2.75) is 38.0 Å². The molecule has 2 atom stereocenters. The number of carbonyl (C=O) groups excluding carboxylic acids is 1. The van der Waals surface area contributed by atoms with Crippen LogP contribution in [0, 0.1) is 0 Å².